The number of aryl methyl sites for hydroxylation is 1. The summed E-state index contributed by atoms with van der Waals surface area (Å²) < 4.78 is 5.26. The van der Waals surface area contributed by atoms with Crippen LogP contribution in [0, 0.1) is 13.8 Å². The van der Waals surface area contributed by atoms with Crippen LogP contribution in [0.2, 0.25) is 0 Å². The largest absolute Gasteiger partial charge is 0.444 e. The van der Waals surface area contributed by atoms with Crippen LogP contribution in [0.4, 0.5) is 4.79 Å². The molecule has 3 N–H and O–H groups in total. The topological polar surface area (TPSA) is 108 Å². The molecule has 0 fully saturated rings. The lowest BCUT2D eigenvalue weighted by Gasteiger charge is -2.36. The van der Waals surface area contributed by atoms with Crippen molar-refractivity contribution in [1.29, 1.82) is 0 Å². The van der Waals surface area contributed by atoms with Crippen LogP contribution in [-0.2, 0) is 14.3 Å². The summed E-state index contributed by atoms with van der Waals surface area (Å²) in [7, 11) is 0. The molecule has 0 aliphatic rings. The molecule has 1 aromatic rings. The highest BCUT2D eigenvalue weighted by Crippen LogP contribution is 2.28. The number of nitrogens with zero attached hydrogens (tertiary/aromatic N) is 1. The number of aliphatic hydroxyl groups excluding tert-OH is 1. The first-order valence-electron chi connectivity index (χ1n) is 11.9. The fourth-order valence-electron chi connectivity index (χ4n) is 3.49. The molecule has 8 nitrogen and oxygen atoms in total. The van der Waals surface area contributed by atoms with Gasteiger partial charge in [0.25, 0.3) is 0 Å². The maximum absolute atomic E-state index is 13.7. The van der Waals surface area contributed by atoms with Gasteiger partial charge in [-0.25, -0.2) is 4.79 Å². The molecule has 2 unspecified atom stereocenters. The summed E-state index contributed by atoms with van der Waals surface area (Å²) in [5, 5.41) is 15.4. The van der Waals surface area contributed by atoms with Gasteiger partial charge in [0.15, 0.2) is 0 Å². The molecule has 0 saturated heterocycles. The number of rotatable bonds is 9. The lowest BCUT2D eigenvalue weighted by molar-refractivity contribution is -0.144. The molecule has 0 saturated carbocycles. The quantitative estimate of drug-likeness (QED) is 0.502. The van der Waals surface area contributed by atoms with Crippen molar-refractivity contribution in [2.24, 2.45) is 0 Å². The van der Waals surface area contributed by atoms with Crippen molar-refractivity contribution in [2.45, 2.75) is 98.4 Å². The Morgan fingerprint density at radius 3 is 2.21 bits per heavy atom. The number of carbonyl (C=O) groups is 3. The monoisotopic (exact) mass is 477 g/mol. The number of unbranched alkanes of at least 4 members (excludes halogenated alkanes) is 1. The van der Waals surface area contributed by atoms with Crippen molar-refractivity contribution >= 4 is 17.9 Å². The van der Waals surface area contributed by atoms with E-state index in [9.17, 15) is 19.5 Å². The van der Waals surface area contributed by atoms with Crippen LogP contribution in [0.1, 0.15) is 84.0 Å². The van der Waals surface area contributed by atoms with Crippen molar-refractivity contribution in [1.82, 2.24) is 15.5 Å². The van der Waals surface area contributed by atoms with Crippen molar-refractivity contribution in [3.05, 3.63) is 34.9 Å². The average Bonchev–Trinajstić information content (AvgIpc) is 2.68. The number of hydrogen-bond acceptors (Lipinski definition) is 5. The number of aliphatic hydroxyl groups is 1. The Hall–Kier alpha value is -2.61. The zero-order valence-electron chi connectivity index (χ0n) is 22.2. The fraction of sp³-hybridized carbons (Fsp3) is 0.654. The fourth-order valence-corrected chi connectivity index (χ4v) is 3.49. The summed E-state index contributed by atoms with van der Waals surface area (Å²) in [6.45, 7) is 16.3. The number of amides is 3. The van der Waals surface area contributed by atoms with Gasteiger partial charge in [0.1, 0.15) is 17.7 Å². The van der Waals surface area contributed by atoms with E-state index in [4.69, 9.17) is 4.74 Å². The first-order valence-corrected chi connectivity index (χ1v) is 11.9. The van der Waals surface area contributed by atoms with Crippen molar-refractivity contribution in [3.63, 3.8) is 0 Å². The Morgan fingerprint density at radius 2 is 1.71 bits per heavy atom. The molecular weight excluding hydrogens is 434 g/mol. The zero-order chi connectivity index (χ0) is 26.3. The molecule has 2 atom stereocenters. The second-order valence-corrected chi connectivity index (χ2v) is 10.7. The minimum atomic E-state index is -1.25. The van der Waals surface area contributed by atoms with E-state index in [1.165, 1.54) is 4.90 Å². The number of ether oxygens (including phenoxy) is 1. The zero-order valence-corrected chi connectivity index (χ0v) is 22.2. The van der Waals surface area contributed by atoms with Crippen LogP contribution < -0.4 is 10.6 Å². The third-order valence-electron chi connectivity index (χ3n) is 5.21. The van der Waals surface area contributed by atoms with Crippen LogP contribution in [-0.4, -0.2) is 58.2 Å². The van der Waals surface area contributed by atoms with Gasteiger partial charge in [0.05, 0.1) is 6.61 Å². The molecular formula is C26H43N3O5. The molecule has 3 amide bonds. The Labute approximate surface area is 204 Å². The van der Waals surface area contributed by atoms with Crippen molar-refractivity contribution < 1.29 is 24.2 Å². The van der Waals surface area contributed by atoms with Gasteiger partial charge in [-0.3, -0.25) is 9.59 Å². The van der Waals surface area contributed by atoms with Gasteiger partial charge in [0, 0.05) is 12.1 Å². The van der Waals surface area contributed by atoms with E-state index < -0.39 is 41.8 Å². The summed E-state index contributed by atoms with van der Waals surface area (Å²) in [5.41, 5.74) is 1.34. The number of nitrogens with one attached hydrogen (secondary N) is 2. The van der Waals surface area contributed by atoms with Crippen LogP contribution >= 0.6 is 0 Å². The van der Waals surface area contributed by atoms with Gasteiger partial charge >= 0.3 is 6.09 Å². The highest BCUT2D eigenvalue weighted by Gasteiger charge is 2.37. The first-order chi connectivity index (χ1) is 15.6. The summed E-state index contributed by atoms with van der Waals surface area (Å²) in [5.74, 6) is -0.864. The number of alkyl carbamates (subject to hydrolysis) is 1. The van der Waals surface area contributed by atoms with E-state index in [2.05, 4.69) is 10.6 Å². The molecule has 0 bridgehead atoms. The summed E-state index contributed by atoms with van der Waals surface area (Å²) in [6, 6.07) is 3.49. The predicted molar refractivity (Wildman–Crippen MR) is 133 cm³/mol. The number of hydrogen-bond donors (Lipinski definition) is 3. The average molecular weight is 478 g/mol. The molecule has 0 spiro atoms. The first kappa shape index (κ1) is 29.4. The van der Waals surface area contributed by atoms with E-state index >= 15 is 0 Å². The van der Waals surface area contributed by atoms with Gasteiger partial charge in [-0.15, -0.1) is 0 Å². The molecule has 0 aliphatic carbocycles. The summed E-state index contributed by atoms with van der Waals surface area (Å²) in [6.07, 6.45) is 0.645. The van der Waals surface area contributed by atoms with Crippen molar-refractivity contribution in [2.75, 3.05) is 13.2 Å². The molecule has 0 radical (unpaired) electrons. The SMILES string of the molecule is CCCCN(C(=O)C(CO)NC(=O)OC(C)(C)C)C(C(=O)NC(C)(C)C)c1cccc(C)c1C. The maximum Gasteiger partial charge on any atom is 0.408 e. The predicted octanol–water partition coefficient (Wildman–Crippen LogP) is 3.77. The second kappa shape index (κ2) is 12.2. The Balaban J connectivity index is 3.49. The maximum atomic E-state index is 13.7. The standard InChI is InChI=1S/C26H43N3O5/c1-10-11-15-29(23(32)20(16-30)27-24(33)34-26(7,8)9)21(22(31)28-25(4,5)6)19-14-12-13-17(2)18(19)3/h12-14,20-21,30H,10-11,15-16H2,1-9H3,(H,27,33)(H,28,31). The van der Waals surface area contributed by atoms with Crippen LogP contribution in [0.3, 0.4) is 0 Å². The van der Waals surface area contributed by atoms with Crippen LogP contribution in [0.15, 0.2) is 18.2 Å². The minimum absolute atomic E-state index is 0.289. The van der Waals surface area contributed by atoms with Crippen LogP contribution in [0.25, 0.3) is 0 Å². The second-order valence-electron chi connectivity index (χ2n) is 10.7. The smallest absolute Gasteiger partial charge is 0.408 e. The number of benzene rings is 1. The minimum Gasteiger partial charge on any atom is -0.444 e. The van der Waals surface area contributed by atoms with Crippen molar-refractivity contribution in [3.8, 4) is 0 Å². The highest BCUT2D eigenvalue weighted by atomic mass is 16.6. The van der Waals surface area contributed by atoms with Gasteiger partial charge in [-0.2, -0.15) is 0 Å². The molecule has 192 valence electrons. The molecule has 1 aromatic carbocycles. The summed E-state index contributed by atoms with van der Waals surface area (Å²) in [4.78, 5) is 41.0. The Morgan fingerprint density at radius 1 is 1.09 bits per heavy atom. The van der Waals surface area contributed by atoms with Gasteiger partial charge < -0.3 is 25.4 Å². The lowest BCUT2D eigenvalue weighted by Crippen LogP contribution is -2.56. The van der Waals surface area contributed by atoms with E-state index in [0.717, 1.165) is 17.5 Å². The molecule has 0 heterocycles. The number of carbonyl (C=O) groups excluding carboxylic acids is 3. The highest BCUT2D eigenvalue weighted by molar-refractivity contribution is 5.92. The Bertz CT molecular complexity index is 855. The van der Waals surface area contributed by atoms with E-state index in [0.29, 0.717) is 12.0 Å². The molecule has 0 aliphatic heterocycles. The molecule has 34 heavy (non-hydrogen) atoms. The van der Waals surface area contributed by atoms with Gasteiger partial charge in [-0.1, -0.05) is 31.5 Å². The van der Waals surface area contributed by atoms with Crippen LogP contribution in [0.5, 0.6) is 0 Å². The third kappa shape index (κ3) is 8.97. The Kier molecular flexibility index (Phi) is 10.6. The van der Waals surface area contributed by atoms with E-state index in [1.54, 1.807) is 20.8 Å². The molecule has 8 heteroatoms. The van der Waals surface area contributed by atoms with E-state index in [-0.39, 0.29) is 12.5 Å². The molecule has 1 rings (SSSR count). The van der Waals surface area contributed by atoms with Gasteiger partial charge in [-0.05, 0) is 78.5 Å². The van der Waals surface area contributed by atoms with Gasteiger partial charge in [0.2, 0.25) is 11.8 Å². The molecule has 0 aromatic heterocycles. The van der Waals surface area contributed by atoms with E-state index in [1.807, 2.05) is 59.7 Å². The summed E-state index contributed by atoms with van der Waals surface area (Å²) >= 11 is 0. The third-order valence-corrected chi connectivity index (χ3v) is 5.21. The lowest BCUT2D eigenvalue weighted by atomic mass is 9.94. The normalized spacial score (nSPS) is 13.6.